The second kappa shape index (κ2) is 13.4. The van der Waals surface area contributed by atoms with Crippen LogP contribution in [0.3, 0.4) is 0 Å². The Morgan fingerprint density at radius 1 is 0.756 bits per heavy atom. The van der Waals surface area contributed by atoms with E-state index >= 15 is 0 Å². The van der Waals surface area contributed by atoms with Gasteiger partial charge in [-0.2, -0.15) is 5.10 Å². The van der Waals surface area contributed by atoms with Crippen molar-refractivity contribution in [2.75, 3.05) is 5.32 Å². The molecule has 0 fully saturated rings. The number of fused-ring (bicyclic) bond motifs is 2. The van der Waals surface area contributed by atoms with E-state index in [0.717, 1.165) is 29.1 Å². The number of ether oxygens (including phenoxy) is 1. The summed E-state index contributed by atoms with van der Waals surface area (Å²) in [5.74, 6) is -1.19. The molecule has 0 aliphatic heterocycles. The van der Waals surface area contributed by atoms with E-state index < -0.39 is 11.9 Å². The molecule has 0 saturated carbocycles. The van der Waals surface area contributed by atoms with Gasteiger partial charge in [0.05, 0.1) is 16.3 Å². The molecular formula is C32H17Br2Cl2N3O4S2. The first kappa shape index (κ1) is 31.4. The molecule has 2 amide bonds. The summed E-state index contributed by atoms with van der Waals surface area (Å²) in [7, 11) is 0. The molecule has 2 N–H and O–H groups in total. The number of hydrogen-bond acceptors (Lipinski definition) is 7. The molecule has 7 nitrogen and oxygen atoms in total. The molecule has 0 spiro atoms. The van der Waals surface area contributed by atoms with Gasteiger partial charge in [0.15, 0.2) is 0 Å². The van der Waals surface area contributed by atoms with E-state index in [9.17, 15) is 14.4 Å². The van der Waals surface area contributed by atoms with Crippen LogP contribution in [-0.2, 0) is 0 Å². The zero-order valence-electron chi connectivity index (χ0n) is 22.6. The van der Waals surface area contributed by atoms with Crippen molar-refractivity contribution in [3.8, 4) is 5.75 Å². The molecule has 0 radical (unpaired) electrons. The number of hydrogen-bond donors (Lipinski definition) is 2. The van der Waals surface area contributed by atoms with Crippen LogP contribution >= 0.6 is 77.7 Å². The summed E-state index contributed by atoms with van der Waals surface area (Å²) in [4.78, 5) is 39.3. The first-order valence-corrected chi connectivity index (χ1v) is 17.0. The summed E-state index contributed by atoms with van der Waals surface area (Å²) in [6.45, 7) is 0. The standard InChI is InChI=1S/C32H17Br2Cl2N3O4S2/c33-18-8-12-23(43-32(42)29-27(36)22-11-7-19(34)14-25(22)45-29)17(13-18)15-37-39-30(40)16-5-9-20(10-6-16)38-31(41)28-26(35)21-3-1-2-4-24(21)44-28/h1-15H,(H,38,41)(H,39,40)/b37-15-. The van der Waals surface area contributed by atoms with Crippen LogP contribution < -0.4 is 15.5 Å². The van der Waals surface area contributed by atoms with Crippen LogP contribution in [0.1, 0.15) is 35.3 Å². The van der Waals surface area contributed by atoms with Crippen molar-refractivity contribution in [2.45, 2.75) is 0 Å². The van der Waals surface area contributed by atoms with Gasteiger partial charge in [0.2, 0.25) is 0 Å². The lowest BCUT2D eigenvalue weighted by Crippen LogP contribution is -2.18. The lowest BCUT2D eigenvalue weighted by molar-refractivity contribution is 0.0739. The molecule has 2 heterocycles. The summed E-state index contributed by atoms with van der Waals surface area (Å²) in [6.07, 6.45) is 1.37. The molecule has 2 aromatic heterocycles. The number of anilines is 1. The van der Waals surface area contributed by atoms with Crippen LogP contribution in [0.25, 0.3) is 20.2 Å². The predicted octanol–water partition coefficient (Wildman–Crippen LogP) is 10.2. The van der Waals surface area contributed by atoms with Crippen molar-refractivity contribution >= 4 is 128 Å². The van der Waals surface area contributed by atoms with E-state index in [1.165, 1.54) is 28.9 Å². The van der Waals surface area contributed by atoms with Gasteiger partial charge in [-0.25, -0.2) is 10.2 Å². The Balaban J connectivity index is 1.11. The van der Waals surface area contributed by atoms with Gasteiger partial charge < -0.3 is 10.1 Å². The second-order valence-electron chi connectivity index (χ2n) is 9.43. The molecule has 0 aliphatic carbocycles. The first-order chi connectivity index (χ1) is 21.7. The highest BCUT2D eigenvalue weighted by molar-refractivity contribution is 9.10. The smallest absolute Gasteiger partial charge is 0.355 e. The van der Waals surface area contributed by atoms with Crippen molar-refractivity contribution in [2.24, 2.45) is 5.10 Å². The SMILES string of the molecule is O=C(N/N=C\c1cc(Br)ccc1OC(=O)c1sc2cc(Br)ccc2c1Cl)c1ccc(NC(=O)c2sc3ccccc3c2Cl)cc1. The zero-order chi connectivity index (χ0) is 31.7. The zero-order valence-corrected chi connectivity index (χ0v) is 28.9. The fourth-order valence-corrected chi connectivity index (χ4v) is 8.04. The van der Waals surface area contributed by atoms with Gasteiger partial charge in [-0.05, 0) is 60.7 Å². The van der Waals surface area contributed by atoms with Gasteiger partial charge in [-0.15, -0.1) is 22.7 Å². The highest BCUT2D eigenvalue weighted by Crippen LogP contribution is 2.38. The summed E-state index contributed by atoms with van der Waals surface area (Å²) < 4.78 is 9.03. The topological polar surface area (TPSA) is 96.9 Å². The summed E-state index contributed by atoms with van der Waals surface area (Å²) in [5, 5.41) is 9.17. The van der Waals surface area contributed by atoms with Crippen molar-refractivity contribution < 1.29 is 19.1 Å². The van der Waals surface area contributed by atoms with Crippen molar-refractivity contribution in [3.05, 3.63) is 125 Å². The fourth-order valence-electron chi connectivity index (χ4n) is 4.31. The van der Waals surface area contributed by atoms with E-state index in [1.807, 2.05) is 42.5 Å². The van der Waals surface area contributed by atoms with Gasteiger partial charge in [-0.3, -0.25) is 9.59 Å². The van der Waals surface area contributed by atoms with Gasteiger partial charge in [0.25, 0.3) is 11.8 Å². The number of amides is 2. The number of hydrazone groups is 1. The highest BCUT2D eigenvalue weighted by atomic mass is 79.9. The largest absolute Gasteiger partial charge is 0.422 e. The fraction of sp³-hybridized carbons (Fsp3) is 0. The Bertz CT molecular complexity index is 2160. The average Bonchev–Trinajstić information content (AvgIpc) is 3.54. The maximum Gasteiger partial charge on any atom is 0.355 e. The average molecular weight is 802 g/mol. The van der Waals surface area contributed by atoms with E-state index in [-0.39, 0.29) is 16.5 Å². The van der Waals surface area contributed by atoms with Gasteiger partial charge in [-0.1, -0.05) is 79.3 Å². The van der Waals surface area contributed by atoms with Crippen molar-refractivity contribution in [3.63, 3.8) is 0 Å². The number of nitrogens with one attached hydrogen (secondary N) is 2. The van der Waals surface area contributed by atoms with E-state index in [0.29, 0.717) is 31.7 Å². The van der Waals surface area contributed by atoms with Crippen LogP contribution in [-0.4, -0.2) is 24.0 Å². The van der Waals surface area contributed by atoms with Gasteiger partial charge in [0.1, 0.15) is 15.5 Å². The number of carbonyl (C=O) groups excluding carboxylic acids is 3. The highest BCUT2D eigenvalue weighted by Gasteiger charge is 2.21. The molecule has 6 rings (SSSR count). The van der Waals surface area contributed by atoms with E-state index in [4.69, 9.17) is 27.9 Å². The van der Waals surface area contributed by atoms with Crippen LogP contribution in [0.2, 0.25) is 10.0 Å². The molecule has 4 aromatic carbocycles. The predicted molar refractivity (Wildman–Crippen MR) is 190 cm³/mol. The van der Waals surface area contributed by atoms with Gasteiger partial charge >= 0.3 is 5.97 Å². The Kier molecular flexibility index (Phi) is 9.36. The number of esters is 1. The molecule has 0 saturated heterocycles. The molecule has 45 heavy (non-hydrogen) atoms. The summed E-state index contributed by atoms with van der Waals surface area (Å²) >= 11 is 22.3. The van der Waals surface area contributed by atoms with E-state index in [1.54, 1.807) is 42.5 Å². The molecule has 0 atom stereocenters. The first-order valence-electron chi connectivity index (χ1n) is 13.0. The minimum atomic E-state index is -0.611. The molecule has 224 valence electrons. The minimum Gasteiger partial charge on any atom is -0.422 e. The minimum absolute atomic E-state index is 0.231. The lowest BCUT2D eigenvalue weighted by Gasteiger charge is -2.08. The quantitative estimate of drug-likeness (QED) is 0.0727. The molecule has 6 aromatic rings. The number of nitrogens with zero attached hydrogens (tertiary/aromatic N) is 1. The number of thiophene rings is 2. The molecule has 13 heteroatoms. The number of rotatable bonds is 7. The summed E-state index contributed by atoms with van der Waals surface area (Å²) in [6, 6.07) is 24.5. The number of carbonyl (C=O) groups is 3. The lowest BCUT2D eigenvalue weighted by atomic mass is 10.2. The van der Waals surface area contributed by atoms with Crippen LogP contribution in [0.5, 0.6) is 5.75 Å². The third kappa shape index (κ3) is 6.84. The van der Waals surface area contributed by atoms with Gasteiger partial charge in [0, 0.05) is 45.9 Å². The van der Waals surface area contributed by atoms with Crippen LogP contribution in [0, 0.1) is 0 Å². The third-order valence-corrected chi connectivity index (χ3v) is 10.8. The summed E-state index contributed by atoms with van der Waals surface area (Å²) in [5.41, 5.74) is 3.73. The number of halogens is 4. The maximum atomic E-state index is 13.1. The normalized spacial score (nSPS) is 11.3. The second-order valence-corrected chi connectivity index (χ2v) is 14.1. The Morgan fingerprint density at radius 2 is 1.42 bits per heavy atom. The Hall–Kier alpha value is -3.58. The molecular weight excluding hydrogens is 785 g/mol. The van der Waals surface area contributed by atoms with Crippen LogP contribution in [0.4, 0.5) is 5.69 Å². The van der Waals surface area contributed by atoms with Crippen LogP contribution in [0.15, 0.2) is 99.0 Å². The van der Waals surface area contributed by atoms with Crippen molar-refractivity contribution in [1.29, 1.82) is 0 Å². The molecule has 0 aliphatic rings. The van der Waals surface area contributed by atoms with E-state index in [2.05, 4.69) is 47.7 Å². The molecule has 0 unspecified atom stereocenters. The van der Waals surface area contributed by atoms with Crippen molar-refractivity contribution in [1.82, 2.24) is 5.43 Å². The molecule has 0 bridgehead atoms. The monoisotopic (exact) mass is 799 g/mol. The number of benzene rings is 4. The Morgan fingerprint density at radius 3 is 2.20 bits per heavy atom. The Labute approximate surface area is 291 Å². The third-order valence-electron chi connectivity index (χ3n) is 6.47. The maximum absolute atomic E-state index is 13.1.